The number of carbonyl (C=O) groups excluding carboxylic acids is 1. The van der Waals surface area contributed by atoms with Crippen LogP contribution in [0.5, 0.6) is 0 Å². The van der Waals surface area contributed by atoms with Crippen molar-refractivity contribution in [2.45, 2.75) is 18.9 Å². The van der Waals surface area contributed by atoms with Crippen LogP contribution in [0, 0.1) is 5.92 Å². The number of carbonyl (C=O) groups is 1. The minimum atomic E-state index is -0.119. The highest BCUT2D eigenvalue weighted by molar-refractivity contribution is 6.31. The molecule has 1 amide bonds. The molecule has 0 aromatic heterocycles. The first-order valence-electron chi connectivity index (χ1n) is 7.04. The van der Waals surface area contributed by atoms with Crippen molar-refractivity contribution in [1.29, 1.82) is 0 Å². The van der Waals surface area contributed by atoms with Crippen LogP contribution in [0.1, 0.15) is 23.5 Å². The summed E-state index contributed by atoms with van der Waals surface area (Å²) in [4.78, 5) is 12.3. The van der Waals surface area contributed by atoms with Gasteiger partial charge < -0.3 is 10.4 Å². The van der Waals surface area contributed by atoms with E-state index in [1.54, 1.807) is 18.2 Å². The molecule has 2 atom stereocenters. The first-order chi connectivity index (χ1) is 10.6. The maximum absolute atomic E-state index is 12.3. The Hall–Kier alpha value is -1.55. The molecule has 0 radical (unpaired) electrons. The maximum Gasteiger partial charge on any atom is 0.228 e. The van der Waals surface area contributed by atoms with Crippen LogP contribution in [0.25, 0.3) is 0 Å². The number of anilines is 1. The molecule has 2 aromatic rings. The van der Waals surface area contributed by atoms with E-state index >= 15 is 0 Å². The van der Waals surface area contributed by atoms with Crippen molar-refractivity contribution < 1.29 is 9.90 Å². The molecular weight excluding hydrogens is 321 g/mol. The van der Waals surface area contributed by atoms with Gasteiger partial charge in [-0.2, -0.15) is 0 Å². The first kappa shape index (κ1) is 15.3. The lowest BCUT2D eigenvalue weighted by Gasteiger charge is -2.07. The minimum absolute atomic E-state index is 0.0159. The maximum atomic E-state index is 12.3. The predicted octanol–water partition coefficient (Wildman–Crippen LogP) is 4.23. The number of hydrogen-bond donors (Lipinski definition) is 2. The lowest BCUT2D eigenvalue weighted by molar-refractivity contribution is -0.117. The summed E-state index contributed by atoms with van der Waals surface area (Å²) < 4.78 is 0. The second-order valence-electron chi connectivity index (χ2n) is 5.46. The van der Waals surface area contributed by atoms with E-state index in [-0.39, 0.29) is 24.3 Å². The van der Waals surface area contributed by atoms with Gasteiger partial charge >= 0.3 is 0 Å². The molecule has 0 unspecified atom stereocenters. The molecule has 0 aliphatic heterocycles. The van der Waals surface area contributed by atoms with Crippen molar-refractivity contribution in [3.63, 3.8) is 0 Å². The number of rotatable bonds is 4. The summed E-state index contributed by atoms with van der Waals surface area (Å²) in [6, 6.07) is 12.7. The molecule has 3 rings (SSSR count). The van der Waals surface area contributed by atoms with E-state index in [4.69, 9.17) is 28.3 Å². The highest BCUT2D eigenvalue weighted by atomic mass is 35.5. The Balaban J connectivity index is 1.65. The monoisotopic (exact) mass is 335 g/mol. The standard InChI is InChI=1S/C17H15Cl2NO2/c18-12-3-1-2-10(6-12)14-8-15(14)17(22)20-13-5-4-11(9-21)16(19)7-13/h1-7,14-15,21H,8-9H2,(H,20,22)/t14-,15-/m1/s1. The first-order valence-corrected chi connectivity index (χ1v) is 7.79. The predicted molar refractivity (Wildman–Crippen MR) is 88.3 cm³/mol. The van der Waals surface area contributed by atoms with Gasteiger partial charge in [0.2, 0.25) is 5.91 Å². The number of nitrogens with one attached hydrogen (secondary N) is 1. The van der Waals surface area contributed by atoms with E-state index < -0.39 is 0 Å². The molecule has 0 bridgehead atoms. The topological polar surface area (TPSA) is 49.3 Å². The summed E-state index contributed by atoms with van der Waals surface area (Å²) in [6.07, 6.45) is 0.828. The second kappa shape index (κ2) is 6.29. The fourth-order valence-electron chi connectivity index (χ4n) is 2.58. The van der Waals surface area contributed by atoms with Crippen LogP contribution in [0.4, 0.5) is 5.69 Å². The zero-order valence-electron chi connectivity index (χ0n) is 11.7. The number of halogens is 2. The molecule has 1 aliphatic rings. The van der Waals surface area contributed by atoms with Gasteiger partial charge in [-0.1, -0.05) is 41.4 Å². The Morgan fingerprint density at radius 1 is 1.23 bits per heavy atom. The van der Waals surface area contributed by atoms with Crippen LogP contribution in [-0.2, 0) is 11.4 Å². The van der Waals surface area contributed by atoms with Crippen LogP contribution >= 0.6 is 23.2 Å². The SMILES string of the molecule is O=C(Nc1ccc(CO)c(Cl)c1)[C@@H]1C[C@@H]1c1cccc(Cl)c1. The smallest absolute Gasteiger partial charge is 0.228 e. The van der Waals surface area contributed by atoms with Crippen LogP contribution in [0.3, 0.4) is 0 Å². The van der Waals surface area contributed by atoms with Crippen molar-refractivity contribution in [3.05, 3.63) is 63.6 Å². The molecule has 22 heavy (non-hydrogen) atoms. The van der Waals surface area contributed by atoms with E-state index in [9.17, 15) is 4.79 Å². The van der Waals surface area contributed by atoms with Crippen molar-refractivity contribution in [3.8, 4) is 0 Å². The molecule has 5 heteroatoms. The average molecular weight is 336 g/mol. The second-order valence-corrected chi connectivity index (χ2v) is 6.30. The van der Waals surface area contributed by atoms with E-state index in [0.29, 0.717) is 21.3 Å². The molecule has 0 saturated heterocycles. The summed E-state index contributed by atoms with van der Waals surface area (Å²) >= 11 is 12.0. The summed E-state index contributed by atoms with van der Waals surface area (Å²) in [5.41, 5.74) is 2.38. The number of benzene rings is 2. The highest BCUT2D eigenvalue weighted by Crippen LogP contribution is 2.48. The molecule has 1 fully saturated rings. The summed E-state index contributed by atoms with van der Waals surface area (Å²) in [6.45, 7) is -0.119. The van der Waals surface area contributed by atoms with E-state index in [1.165, 1.54) is 0 Å². The highest BCUT2D eigenvalue weighted by Gasteiger charge is 2.43. The van der Waals surface area contributed by atoms with Crippen molar-refractivity contribution >= 4 is 34.8 Å². The third-order valence-electron chi connectivity index (χ3n) is 3.89. The lowest BCUT2D eigenvalue weighted by Crippen LogP contribution is -2.14. The molecular formula is C17H15Cl2NO2. The minimum Gasteiger partial charge on any atom is -0.392 e. The normalized spacial score (nSPS) is 19.8. The van der Waals surface area contributed by atoms with Crippen LogP contribution in [0.15, 0.2) is 42.5 Å². The van der Waals surface area contributed by atoms with Gasteiger partial charge in [0, 0.05) is 21.7 Å². The van der Waals surface area contributed by atoms with Gasteiger partial charge in [0.1, 0.15) is 0 Å². The number of hydrogen-bond acceptors (Lipinski definition) is 2. The van der Waals surface area contributed by atoms with Crippen molar-refractivity contribution in [1.82, 2.24) is 0 Å². The Labute approximate surface area is 138 Å². The molecule has 2 aromatic carbocycles. The van der Waals surface area contributed by atoms with Gasteiger partial charge in [0.05, 0.1) is 6.61 Å². The third kappa shape index (κ3) is 3.27. The summed E-state index contributed by atoms with van der Waals surface area (Å²) in [7, 11) is 0. The molecule has 0 heterocycles. The van der Waals surface area contributed by atoms with Gasteiger partial charge in [-0.05, 0) is 47.7 Å². The van der Waals surface area contributed by atoms with E-state index in [2.05, 4.69) is 5.32 Å². The zero-order valence-corrected chi connectivity index (χ0v) is 13.2. The summed E-state index contributed by atoms with van der Waals surface area (Å²) in [5, 5.41) is 13.1. The van der Waals surface area contributed by atoms with E-state index in [0.717, 1.165) is 12.0 Å². The Kier molecular flexibility index (Phi) is 4.39. The van der Waals surface area contributed by atoms with Crippen LogP contribution in [-0.4, -0.2) is 11.0 Å². The van der Waals surface area contributed by atoms with Crippen molar-refractivity contribution in [2.75, 3.05) is 5.32 Å². The lowest BCUT2D eigenvalue weighted by atomic mass is 10.1. The molecule has 114 valence electrons. The van der Waals surface area contributed by atoms with Gasteiger partial charge in [0.25, 0.3) is 0 Å². The van der Waals surface area contributed by atoms with Gasteiger partial charge in [-0.3, -0.25) is 4.79 Å². The Morgan fingerprint density at radius 2 is 2.05 bits per heavy atom. The quantitative estimate of drug-likeness (QED) is 0.878. The molecule has 0 spiro atoms. The van der Waals surface area contributed by atoms with Crippen molar-refractivity contribution in [2.24, 2.45) is 5.92 Å². The Morgan fingerprint density at radius 3 is 2.73 bits per heavy atom. The van der Waals surface area contributed by atoms with E-state index in [1.807, 2.05) is 24.3 Å². The molecule has 2 N–H and O–H groups in total. The van der Waals surface area contributed by atoms with Gasteiger partial charge in [-0.25, -0.2) is 0 Å². The van der Waals surface area contributed by atoms with Crippen LogP contribution < -0.4 is 5.32 Å². The average Bonchev–Trinajstić information content (AvgIpc) is 3.28. The largest absolute Gasteiger partial charge is 0.392 e. The third-order valence-corrected chi connectivity index (χ3v) is 4.48. The summed E-state index contributed by atoms with van der Waals surface area (Å²) in [5.74, 6) is 0.179. The van der Waals surface area contributed by atoms with Gasteiger partial charge in [0.15, 0.2) is 0 Å². The molecule has 3 nitrogen and oxygen atoms in total. The zero-order chi connectivity index (χ0) is 15.7. The Bertz CT molecular complexity index is 718. The number of aliphatic hydroxyl groups excluding tert-OH is 1. The fraction of sp³-hybridized carbons (Fsp3) is 0.235. The van der Waals surface area contributed by atoms with Gasteiger partial charge in [-0.15, -0.1) is 0 Å². The fourth-order valence-corrected chi connectivity index (χ4v) is 3.02. The number of amides is 1. The number of aliphatic hydroxyl groups is 1. The molecule has 1 aliphatic carbocycles. The molecule has 1 saturated carbocycles. The van der Waals surface area contributed by atoms with Crippen LogP contribution in [0.2, 0.25) is 10.0 Å².